The SMILES string of the molecule is NS(=O)(=O)OCC1CC(c2csc3c(NC4CCc5ccccc54)ncnc23)CC1O. The Hall–Kier alpha value is -2.11. The third-order valence-corrected chi connectivity index (χ3v) is 7.83. The molecule has 0 bridgehead atoms. The van der Waals surface area contributed by atoms with Gasteiger partial charge in [0, 0.05) is 5.92 Å². The third kappa shape index (κ3) is 4.18. The van der Waals surface area contributed by atoms with E-state index in [-0.39, 0.29) is 24.5 Å². The summed E-state index contributed by atoms with van der Waals surface area (Å²) in [6.07, 6.45) is 4.17. The smallest absolute Gasteiger partial charge is 0.333 e. The molecule has 2 aliphatic carbocycles. The maximum atomic E-state index is 11.1. The Bertz CT molecular complexity index is 1210. The molecule has 0 amide bonds. The van der Waals surface area contributed by atoms with Crippen LogP contribution in [0.3, 0.4) is 0 Å². The number of hydrogen-bond donors (Lipinski definition) is 3. The van der Waals surface area contributed by atoms with E-state index in [1.807, 2.05) is 0 Å². The van der Waals surface area contributed by atoms with E-state index in [0.29, 0.717) is 12.8 Å². The molecule has 2 heterocycles. The fraction of sp³-hybridized carbons (Fsp3) is 0.429. The van der Waals surface area contributed by atoms with Gasteiger partial charge in [-0.25, -0.2) is 15.1 Å². The van der Waals surface area contributed by atoms with Crippen LogP contribution in [-0.4, -0.2) is 36.2 Å². The number of anilines is 1. The van der Waals surface area contributed by atoms with Crippen LogP contribution in [0.15, 0.2) is 36.0 Å². The second-order valence-electron chi connectivity index (χ2n) is 8.30. The number of aliphatic hydroxyl groups is 1. The summed E-state index contributed by atoms with van der Waals surface area (Å²) in [4.78, 5) is 9.04. The lowest BCUT2D eigenvalue weighted by atomic mass is 9.98. The molecule has 2 aromatic heterocycles. The highest BCUT2D eigenvalue weighted by molar-refractivity contribution is 7.84. The predicted molar refractivity (Wildman–Crippen MR) is 119 cm³/mol. The number of hydrogen-bond acceptors (Lipinski definition) is 8. The molecule has 4 N–H and O–H groups in total. The van der Waals surface area contributed by atoms with Gasteiger partial charge in [0.25, 0.3) is 0 Å². The number of fused-ring (bicyclic) bond motifs is 2. The largest absolute Gasteiger partial charge is 0.393 e. The number of nitrogens with one attached hydrogen (secondary N) is 1. The lowest BCUT2D eigenvalue weighted by molar-refractivity contribution is 0.101. The predicted octanol–water partition coefficient (Wildman–Crippen LogP) is 2.87. The lowest BCUT2D eigenvalue weighted by Gasteiger charge is -2.15. The van der Waals surface area contributed by atoms with Crippen LogP contribution in [0.25, 0.3) is 10.2 Å². The van der Waals surface area contributed by atoms with Crippen molar-refractivity contribution in [2.24, 2.45) is 11.1 Å². The van der Waals surface area contributed by atoms with Crippen LogP contribution in [0, 0.1) is 5.92 Å². The number of benzene rings is 1. The molecule has 0 spiro atoms. The normalized spacial score (nSPS) is 25.7. The zero-order chi connectivity index (χ0) is 21.6. The number of nitrogens with zero attached hydrogens (tertiary/aromatic N) is 2. The van der Waals surface area contributed by atoms with Crippen molar-refractivity contribution >= 4 is 37.7 Å². The van der Waals surface area contributed by atoms with E-state index in [1.54, 1.807) is 17.7 Å². The molecule has 1 fully saturated rings. The van der Waals surface area contributed by atoms with Crippen LogP contribution in [0.4, 0.5) is 5.82 Å². The second-order valence-corrected chi connectivity index (χ2v) is 10.4. The van der Waals surface area contributed by atoms with Crippen LogP contribution in [0.5, 0.6) is 0 Å². The first-order valence-electron chi connectivity index (χ1n) is 10.3. The highest BCUT2D eigenvalue weighted by atomic mass is 32.2. The van der Waals surface area contributed by atoms with E-state index < -0.39 is 16.4 Å². The van der Waals surface area contributed by atoms with Gasteiger partial charge in [0.2, 0.25) is 0 Å². The number of thiophene rings is 1. The number of rotatable bonds is 6. The average molecular weight is 461 g/mol. The van der Waals surface area contributed by atoms with Crippen molar-refractivity contribution in [3.8, 4) is 0 Å². The van der Waals surface area contributed by atoms with Crippen molar-refractivity contribution in [1.29, 1.82) is 0 Å². The molecule has 1 aromatic carbocycles. The summed E-state index contributed by atoms with van der Waals surface area (Å²) in [5.41, 5.74) is 4.65. The molecular formula is C21H24N4O4S2. The fourth-order valence-corrected chi connectivity index (χ4v) is 6.27. The van der Waals surface area contributed by atoms with E-state index in [1.165, 1.54) is 11.1 Å². The van der Waals surface area contributed by atoms with Crippen molar-refractivity contribution in [2.45, 2.75) is 43.7 Å². The van der Waals surface area contributed by atoms with Crippen molar-refractivity contribution in [1.82, 2.24) is 9.97 Å². The lowest BCUT2D eigenvalue weighted by Crippen LogP contribution is -2.24. The molecule has 4 unspecified atom stereocenters. The summed E-state index contributed by atoms with van der Waals surface area (Å²) in [6.45, 7) is -0.110. The topological polar surface area (TPSA) is 127 Å². The summed E-state index contributed by atoms with van der Waals surface area (Å²) in [7, 11) is -4.02. The van der Waals surface area contributed by atoms with E-state index in [0.717, 1.165) is 34.4 Å². The molecule has 0 saturated heterocycles. The Balaban J connectivity index is 1.37. The maximum Gasteiger partial charge on any atom is 0.333 e. The summed E-state index contributed by atoms with van der Waals surface area (Å²) in [5.74, 6) is 0.621. The zero-order valence-electron chi connectivity index (χ0n) is 16.8. The van der Waals surface area contributed by atoms with Gasteiger partial charge in [-0.15, -0.1) is 11.3 Å². The van der Waals surface area contributed by atoms with Gasteiger partial charge >= 0.3 is 10.3 Å². The Morgan fingerprint density at radius 1 is 1.23 bits per heavy atom. The number of aliphatic hydroxyl groups excluding tert-OH is 1. The van der Waals surface area contributed by atoms with E-state index >= 15 is 0 Å². The van der Waals surface area contributed by atoms with Gasteiger partial charge in [-0.3, -0.25) is 4.18 Å². The van der Waals surface area contributed by atoms with E-state index in [2.05, 4.69) is 44.9 Å². The molecule has 31 heavy (non-hydrogen) atoms. The molecule has 3 aromatic rings. The minimum Gasteiger partial charge on any atom is -0.393 e. The maximum absolute atomic E-state index is 11.1. The zero-order valence-corrected chi connectivity index (χ0v) is 18.4. The molecule has 5 rings (SSSR count). The van der Waals surface area contributed by atoms with Crippen LogP contribution >= 0.6 is 11.3 Å². The van der Waals surface area contributed by atoms with E-state index in [4.69, 9.17) is 9.32 Å². The Morgan fingerprint density at radius 3 is 2.90 bits per heavy atom. The molecule has 0 aliphatic heterocycles. The van der Waals surface area contributed by atoms with Gasteiger partial charge in [0.05, 0.1) is 29.0 Å². The average Bonchev–Trinajstić information content (AvgIpc) is 3.43. The molecule has 10 heteroatoms. The molecule has 4 atom stereocenters. The fourth-order valence-electron chi connectivity index (χ4n) is 4.85. The van der Waals surface area contributed by atoms with Crippen molar-refractivity contribution in [3.63, 3.8) is 0 Å². The van der Waals surface area contributed by atoms with Crippen LogP contribution in [0.1, 0.15) is 47.9 Å². The standard InChI is InChI=1S/C21H24N4O4S2/c22-31(27,28)29-9-14-7-13(8-18(14)26)16-10-30-20-19(16)23-11-24-21(20)25-17-6-5-12-3-1-2-4-15(12)17/h1-4,10-11,13-14,17-18,26H,5-9H2,(H2,22,27,28)(H,23,24,25). The summed E-state index contributed by atoms with van der Waals surface area (Å²) >= 11 is 1.60. The Morgan fingerprint density at radius 2 is 2.06 bits per heavy atom. The molecular weight excluding hydrogens is 436 g/mol. The molecule has 1 saturated carbocycles. The minimum absolute atomic E-state index is 0.0767. The van der Waals surface area contributed by atoms with Crippen LogP contribution in [0.2, 0.25) is 0 Å². The first-order valence-corrected chi connectivity index (χ1v) is 12.7. The van der Waals surface area contributed by atoms with Gasteiger partial charge in [0.1, 0.15) is 12.1 Å². The summed E-state index contributed by atoms with van der Waals surface area (Å²) in [6, 6.07) is 8.72. The molecule has 0 radical (unpaired) electrons. The monoisotopic (exact) mass is 460 g/mol. The van der Waals surface area contributed by atoms with Gasteiger partial charge in [-0.1, -0.05) is 24.3 Å². The van der Waals surface area contributed by atoms with Crippen LogP contribution < -0.4 is 10.5 Å². The van der Waals surface area contributed by atoms with Crippen molar-refractivity contribution in [2.75, 3.05) is 11.9 Å². The van der Waals surface area contributed by atoms with Gasteiger partial charge in [-0.05, 0) is 53.7 Å². The number of nitrogens with two attached hydrogens (primary N) is 1. The quantitative estimate of drug-likeness (QED) is 0.516. The second kappa shape index (κ2) is 8.10. The van der Waals surface area contributed by atoms with Crippen molar-refractivity contribution in [3.05, 3.63) is 52.7 Å². The molecule has 8 nitrogen and oxygen atoms in total. The van der Waals surface area contributed by atoms with Crippen molar-refractivity contribution < 1.29 is 17.7 Å². The summed E-state index contributed by atoms with van der Waals surface area (Å²) in [5, 5.41) is 21.0. The van der Waals surface area contributed by atoms with Crippen LogP contribution in [-0.2, 0) is 20.9 Å². The first kappa shape index (κ1) is 20.8. The molecule has 2 aliphatic rings. The minimum atomic E-state index is -4.02. The van der Waals surface area contributed by atoms with Gasteiger partial charge < -0.3 is 10.4 Å². The van der Waals surface area contributed by atoms with Gasteiger partial charge in [-0.2, -0.15) is 8.42 Å². The Kier molecular flexibility index (Phi) is 5.43. The highest BCUT2D eigenvalue weighted by Crippen LogP contribution is 2.44. The summed E-state index contributed by atoms with van der Waals surface area (Å²) < 4.78 is 27.9. The third-order valence-electron chi connectivity index (χ3n) is 6.37. The van der Waals surface area contributed by atoms with E-state index in [9.17, 15) is 13.5 Å². The highest BCUT2D eigenvalue weighted by Gasteiger charge is 2.36. The number of aryl methyl sites for hydroxylation is 1. The first-order chi connectivity index (χ1) is 14.9. The Labute approximate surface area is 184 Å². The molecule has 164 valence electrons. The number of aromatic nitrogens is 2. The van der Waals surface area contributed by atoms with Gasteiger partial charge in [0.15, 0.2) is 0 Å².